The van der Waals surface area contributed by atoms with E-state index in [2.05, 4.69) is 12.2 Å². The van der Waals surface area contributed by atoms with Crippen LogP contribution in [0.1, 0.15) is 6.92 Å². The second-order valence-corrected chi connectivity index (χ2v) is 4.61. The number of benzene rings is 1. The Hall–Kier alpha value is -0.410. The van der Waals surface area contributed by atoms with Gasteiger partial charge in [0.1, 0.15) is 5.82 Å². The third-order valence-electron chi connectivity index (χ3n) is 1.64. The van der Waals surface area contributed by atoms with E-state index in [4.69, 9.17) is 11.6 Å². The Bertz CT molecular complexity index is 273. The lowest BCUT2D eigenvalue weighted by atomic mass is 10.3. The molecule has 78 valence electrons. The minimum absolute atomic E-state index is 0.303. The summed E-state index contributed by atoms with van der Waals surface area (Å²) < 4.78 is 12.9. The van der Waals surface area contributed by atoms with Crippen molar-refractivity contribution >= 4 is 29.1 Å². The molecule has 0 aliphatic rings. The predicted molar refractivity (Wildman–Crippen MR) is 62.9 cm³/mol. The van der Waals surface area contributed by atoms with Gasteiger partial charge in [0.25, 0.3) is 0 Å². The SMILES string of the molecule is CCSCCNc1cc(F)cc(Cl)c1. The lowest BCUT2D eigenvalue weighted by molar-refractivity contribution is 0.628. The average molecular weight is 234 g/mol. The van der Waals surface area contributed by atoms with Crippen LogP contribution >= 0.6 is 23.4 Å². The molecule has 1 rings (SSSR count). The standard InChI is InChI=1S/C10H13ClFNS/c1-2-14-4-3-13-10-6-8(11)5-9(12)7-10/h5-7,13H,2-4H2,1H3. The Balaban J connectivity index is 2.42. The molecule has 0 radical (unpaired) electrons. The molecule has 0 saturated carbocycles. The summed E-state index contributed by atoms with van der Waals surface area (Å²) in [7, 11) is 0. The largest absolute Gasteiger partial charge is 0.384 e. The average Bonchev–Trinajstić information content (AvgIpc) is 2.11. The van der Waals surface area contributed by atoms with E-state index in [-0.39, 0.29) is 5.82 Å². The molecule has 0 aromatic heterocycles. The molecule has 0 bridgehead atoms. The first-order valence-corrected chi connectivity index (χ1v) is 6.03. The fourth-order valence-corrected chi connectivity index (χ4v) is 1.82. The van der Waals surface area contributed by atoms with Crippen LogP contribution in [0, 0.1) is 5.82 Å². The van der Waals surface area contributed by atoms with E-state index in [1.807, 2.05) is 11.8 Å². The van der Waals surface area contributed by atoms with E-state index < -0.39 is 0 Å². The zero-order chi connectivity index (χ0) is 10.4. The van der Waals surface area contributed by atoms with Gasteiger partial charge >= 0.3 is 0 Å². The van der Waals surface area contributed by atoms with Gasteiger partial charge in [-0.1, -0.05) is 18.5 Å². The van der Waals surface area contributed by atoms with Crippen LogP contribution in [-0.2, 0) is 0 Å². The molecule has 0 unspecified atom stereocenters. The monoisotopic (exact) mass is 233 g/mol. The molecule has 0 atom stereocenters. The Morgan fingerprint density at radius 1 is 1.43 bits per heavy atom. The molecule has 4 heteroatoms. The van der Waals surface area contributed by atoms with Gasteiger partial charge in [-0.15, -0.1) is 0 Å². The van der Waals surface area contributed by atoms with Gasteiger partial charge in [0, 0.05) is 23.0 Å². The van der Waals surface area contributed by atoms with Gasteiger partial charge < -0.3 is 5.32 Å². The number of thioether (sulfide) groups is 1. The first-order chi connectivity index (χ1) is 6.72. The second kappa shape index (κ2) is 6.14. The quantitative estimate of drug-likeness (QED) is 0.780. The minimum atomic E-state index is -0.303. The highest BCUT2D eigenvalue weighted by molar-refractivity contribution is 7.99. The normalized spacial score (nSPS) is 10.2. The van der Waals surface area contributed by atoms with Crippen LogP contribution in [0.15, 0.2) is 18.2 Å². The Kier molecular flexibility index (Phi) is 5.12. The molecule has 0 fully saturated rings. The summed E-state index contributed by atoms with van der Waals surface area (Å²) in [5.74, 6) is 1.82. The molecule has 0 amide bonds. The van der Waals surface area contributed by atoms with E-state index in [9.17, 15) is 4.39 Å². The lowest BCUT2D eigenvalue weighted by Gasteiger charge is -2.06. The summed E-state index contributed by atoms with van der Waals surface area (Å²) >= 11 is 7.55. The highest BCUT2D eigenvalue weighted by atomic mass is 35.5. The summed E-state index contributed by atoms with van der Waals surface area (Å²) in [6, 6.07) is 4.47. The zero-order valence-electron chi connectivity index (χ0n) is 8.02. The maximum atomic E-state index is 12.9. The van der Waals surface area contributed by atoms with E-state index >= 15 is 0 Å². The molecule has 1 aromatic carbocycles. The van der Waals surface area contributed by atoms with Crippen molar-refractivity contribution in [3.8, 4) is 0 Å². The zero-order valence-corrected chi connectivity index (χ0v) is 9.59. The predicted octanol–water partition coefficient (Wildman–Crippen LogP) is 3.64. The number of rotatable bonds is 5. The van der Waals surface area contributed by atoms with Gasteiger partial charge in [0.2, 0.25) is 0 Å². The van der Waals surface area contributed by atoms with Crippen LogP contribution in [0.4, 0.5) is 10.1 Å². The number of halogens is 2. The highest BCUT2D eigenvalue weighted by Crippen LogP contribution is 2.17. The molecule has 1 nitrogen and oxygen atoms in total. The van der Waals surface area contributed by atoms with Crippen molar-refractivity contribution in [1.82, 2.24) is 0 Å². The number of hydrogen-bond donors (Lipinski definition) is 1. The van der Waals surface area contributed by atoms with Crippen molar-refractivity contribution in [3.05, 3.63) is 29.0 Å². The fraction of sp³-hybridized carbons (Fsp3) is 0.400. The van der Waals surface area contributed by atoms with Crippen LogP contribution in [0.3, 0.4) is 0 Å². The van der Waals surface area contributed by atoms with Crippen molar-refractivity contribution in [1.29, 1.82) is 0 Å². The molecule has 0 aliphatic carbocycles. The van der Waals surface area contributed by atoms with Crippen LogP contribution < -0.4 is 5.32 Å². The van der Waals surface area contributed by atoms with Crippen molar-refractivity contribution in [2.75, 3.05) is 23.4 Å². The van der Waals surface area contributed by atoms with E-state index in [0.29, 0.717) is 5.02 Å². The van der Waals surface area contributed by atoms with Gasteiger partial charge in [0.05, 0.1) is 0 Å². The summed E-state index contributed by atoms with van der Waals surface area (Å²) in [6.45, 7) is 2.95. The maximum absolute atomic E-state index is 12.9. The molecule has 1 aromatic rings. The van der Waals surface area contributed by atoms with Crippen LogP contribution in [-0.4, -0.2) is 18.1 Å². The van der Waals surface area contributed by atoms with E-state index in [1.54, 1.807) is 6.07 Å². The summed E-state index contributed by atoms with van der Waals surface area (Å²) in [5, 5.41) is 3.54. The molecular weight excluding hydrogens is 221 g/mol. The lowest BCUT2D eigenvalue weighted by Crippen LogP contribution is -2.04. The second-order valence-electron chi connectivity index (χ2n) is 2.78. The summed E-state index contributed by atoms with van der Waals surface area (Å²) in [5.41, 5.74) is 0.742. The van der Waals surface area contributed by atoms with E-state index in [1.165, 1.54) is 12.1 Å². The Morgan fingerprint density at radius 3 is 2.86 bits per heavy atom. The van der Waals surface area contributed by atoms with Crippen molar-refractivity contribution in [2.45, 2.75) is 6.92 Å². The van der Waals surface area contributed by atoms with Crippen LogP contribution in [0.25, 0.3) is 0 Å². The molecular formula is C10H13ClFNS. The summed E-state index contributed by atoms with van der Waals surface area (Å²) in [6.07, 6.45) is 0. The Morgan fingerprint density at radius 2 is 2.21 bits per heavy atom. The Labute approximate surface area is 93.0 Å². The maximum Gasteiger partial charge on any atom is 0.126 e. The van der Waals surface area contributed by atoms with Crippen molar-refractivity contribution < 1.29 is 4.39 Å². The first-order valence-electron chi connectivity index (χ1n) is 4.50. The topological polar surface area (TPSA) is 12.0 Å². The van der Waals surface area contributed by atoms with Crippen molar-refractivity contribution in [3.63, 3.8) is 0 Å². The van der Waals surface area contributed by atoms with Gasteiger partial charge in [-0.2, -0.15) is 11.8 Å². The number of hydrogen-bond acceptors (Lipinski definition) is 2. The van der Waals surface area contributed by atoms with Gasteiger partial charge in [0.15, 0.2) is 0 Å². The van der Waals surface area contributed by atoms with Gasteiger partial charge in [-0.25, -0.2) is 4.39 Å². The molecule has 0 saturated heterocycles. The molecule has 0 heterocycles. The number of anilines is 1. The van der Waals surface area contributed by atoms with Gasteiger partial charge in [-0.3, -0.25) is 0 Å². The van der Waals surface area contributed by atoms with E-state index in [0.717, 1.165) is 23.7 Å². The molecule has 1 N–H and O–H groups in total. The van der Waals surface area contributed by atoms with Crippen molar-refractivity contribution in [2.24, 2.45) is 0 Å². The van der Waals surface area contributed by atoms with Crippen LogP contribution in [0.2, 0.25) is 5.02 Å². The highest BCUT2D eigenvalue weighted by Gasteiger charge is 1.97. The third-order valence-corrected chi connectivity index (χ3v) is 2.76. The minimum Gasteiger partial charge on any atom is -0.384 e. The molecule has 14 heavy (non-hydrogen) atoms. The molecule has 0 spiro atoms. The fourth-order valence-electron chi connectivity index (χ4n) is 1.07. The smallest absolute Gasteiger partial charge is 0.126 e. The third kappa shape index (κ3) is 4.20. The summed E-state index contributed by atoms with van der Waals surface area (Å²) in [4.78, 5) is 0. The first kappa shape index (κ1) is 11.7. The van der Waals surface area contributed by atoms with Crippen LogP contribution in [0.5, 0.6) is 0 Å². The number of nitrogens with one attached hydrogen (secondary N) is 1. The molecule has 0 aliphatic heterocycles. The van der Waals surface area contributed by atoms with Gasteiger partial charge in [-0.05, 0) is 24.0 Å².